The van der Waals surface area contributed by atoms with E-state index in [1.165, 1.54) is 24.3 Å². The normalized spacial score (nSPS) is 25.6. The molecular weight excluding hydrogens is 320 g/mol. The van der Waals surface area contributed by atoms with Crippen LogP contribution in [0.15, 0.2) is 24.3 Å². The van der Waals surface area contributed by atoms with E-state index >= 15 is 0 Å². The van der Waals surface area contributed by atoms with Gasteiger partial charge in [-0.25, -0.2) is 0 Å². The summed E-state index contributed by atoms with van der Waals surface area (Å²) >= 11 is 0. The number of methoxy groups -OCH3 is 1. The van der Waals surface area contributed by atoms with E-state index in [-0.39, 0.29) is 29.3 Å². The lowest BCUT2D eigenvalue weighted by Crippen LogP contribution is -2.62. The first kappa shape index (κ1) is 17.1. The molecule has 24 heavy (non-hydrogen) atoms. The molecule has 0 radical (unpaired) electrons. The van der Waals surface area contributed by atoms with Crippen LogP contribution in [0, 0.1) is 5.41 Å². The Balaban J connectivity index is 1.61. The molecule has 1 heterocycles. The van der Waals surface area contributed by atoms with Crippen molar-refractivity contribution >= 4 is 5.91 Å². The van der Waals surface area contributed by atoms with Crippen LogP contribution in [0.25, 0.3) is 0 Å². The number of carbonyl (C=O) groups is 1. The molecule has 3 rings (SSSR count). The van der Waals surface area contributed by atoms with Gasteiger partial charge in [-0.1, -0.05) is 0 Å². The summed E-state index contributed by atoms with van der Waals surface area (Å²) in [7, 11) is 1.65. The third-order valence-electron chi connectivity index (χ3n) is 5.33. The first-order valence-electron chi connectivity index (χ1n) is 8.01. The van der Waals surface area contributed by atoms with Crippen LogP contribution in [0.5, 0.6) is 5.75 Å². The average molecular weight is 341 g/mol. The monoisotopic (exact) mass is 341 g/mol. The van der Waals surface area contributed by atoms with Gasteiger partial charge in [0.05, 0.1) is 12.2 Å². The van der Waals surface area contributed by atoms with Crippen molar-refractivity contribution in [3.63, 3.8) is 0 Å². The number of likely N-dealkylation sites (tertiary alicyclic amines) is 1. The molecule has 1 aliphatic heterocycles. The second-order valence-corrected chi connectivity index (χ2v) is 6.40. The van der Waals surface area contributed by atoms with Gasteiger partial charge >= 0.3 is 6.61 Å². The van der Waals surface area contributed by atoms with E-state index in [0.717, 1.165) is 0 Å². The fourth-order valence-electron chi connectivity index (χ4n) is 3.80. The average Bonchev–Trinajstić information content (AvgIpc) is 2.59. The molecule has 0 unspecified atom stereocenters. The summed E-state index contributed by atoms with van der Waals surface area (Å²) in [5, 5.41) is 10.1. The molecule has 1 saturated heterocycles. The zero-order valence-electron chi connectivity index (χ0n) is 13.5. The van der Waals surface area contributed by atoms with Gasteiger partial charge in [0.1, 0.15) is 5.75 Å². The van der Waals surface area contributed by atoms with E-state index in [1.807, 2.05) is 0 Å². The van der Waals surface area contributed by atoms with Crippen molar-refractivity contribution in [2.75, 3.05) is 20.2 Å². The molecular formula is C17H21F2NO4. The van der Waals surface area contributed by atoms with Crippen molar-refractivity contribution in [3.8, 4) is 5.75 Å². The molecule has 2 fully saturated rings. The van der Waals surface area contributed by atoms with E-state index in [9.17, 15) is 18.7 Å². The zero-order chi connectivity index (χ0) is 17.3. The van der Waals surface area contributed by atoms with Crippen LogP contribution in [-0.4, -0.2) is 54.9 Å². The van der Waals surface area contributed by atoms with Gasteiger partial charge in [0.15, 0.2) is 0 Å². The summed E-state index contributed by atoms with van der Waals surface area (Å²) in [6.07, 6.45) is 1.73. The standard InChI is InChI=1S/C17H21F2NO4/c1-23-14-10-13(21)17(14)6-8-20(9-7-17)15(22)11-2-4-12(5-3-11)24-16(18)19/h2-5,13-14,16,21H,6-10H2,1H3/t13-,14+/m1/s1. The molecule has 0 aromatic heterocycles. The molecule has 2 aliphatic rings. The molecule has 1 aliphatic carbocycles. The van der Waals surface area contributed by atoms with Crippen molar-refractivity contribution in [1.29, 1.82) is 0 Å². The Bertz CT molecular complexity index is 585. The maximum atomic E-state index is 12.5. The summed E-state index contributed by atoms with van der Waals surface area (Å²) in [4.78, 5) is 14.3. The Morgan fingerprint density at radius 1 is 1.29 bits per heavy atom. The van der Waals surface area contributed by atoms with E-state index in [4.69, 9.17) is 4.74 Å². The number of benzene rings is 1. The lowest BCUT2D eigenvalue weighted by molar-refractivity contribution is -0.199. The molecule has 1 aromatic carbocycles. The molecule has 2 atom stereocenters. The number of amides is 1. The number of rotatable bonds is 4. The number of hydrogen-bond acceptors (Lipinski definition) is 4. The first-order valence-corrected chi connectivity index (χ1v) is 8.01. The van der Waals surface area contributed by atoms with Crippen molar-refractivity contribution in [1.82, 2.24) is 4.90 Å². The Labute approximate surface area is 139 Å². The largest absolute Gasteiger partial charge is 0.435 e. The lowest BCUT2D eigenvalue weighted by Gasteiger charge is -2.56. The van der Waals surface area contributed by atoms with Gasteiger partial charge in [-0.15, -0.1) is 0 Å². The number of carbonyl (C=O) groups excluding carboxylic acids is 1. The smallest absolute Gasteiger partial charge is 0.387 e. The minimum Gasteiger partial charge on any atom is -0.435 e. The highest BCUT2D eigenvalue weighted by Gasteiger charge is 2.56. The topological polar surface area (TPSA) is 59.0 Å². The Hall–Kier alpha value is -1.73. The van der Waals surface area contributed by atoms with Crippen molar-refractivity contribution in [3.05, 3.63) is 29.8 Å². The summed E-state index contributed by atoms with van der Waals surface area (Å²) < 4.78 is 34.0. The van der Waals surface area contributed by atoms with Crippen LogP contribution in [0.2, 0.25) is 0 Å². The van der Waals surface area contributed by atoms with Gasteiger partial charge in [0.2, 0.25) is 0 Å². The number of piperidine rings is 1. The number of nitrogens with zero attached hydrogens (tertiary/aromatic N) is 1. The Morgan fingerprint density at radius 3 is 2.42 bits per heavy atom. The van der Waals surface area contributed by atoms with Gasteiger partial charge in [-0.05, 0) is 37.1 Å². The van der Waals surface area contributed by atoms with Gasteiger partial charge in [-0.2, -0.15) is 8.78 Å². The fraction of sp³-hybridized carbons (Fsp3) is 0.588. The number of hydrogen-bond donors (Lipinski definition) is 1. The van der Waals surface area contributed by atoms with Gasteiger partial charge in [0, 0.05) is 37.6 Å². The highest BCUT2D eigenvalue weighted by molar-refractivity contribution is 5.94. The first-order chi connectivity index (χ1) is 11.5. The quantitative estimate of drug-likeness (QED) is 0.913. The van der Waals surface area contributed by atoms with Crippen LogP contribution in [0.3, 0.4) is 0 Å². The number of alkyl halides is 2. The number of halogens is 2. The maximum absolute atomic E-state index is 12.5. The Kier molecular flexibility index (Phi) is 4.73. The number of aliphatic hydroxyl groups excluding tert-OH is 1. The molecule has 0 bridgehead atoms. The summed E-state index contributed by atoms with van der Waals surface area (Å²) in [5.41, 5.74) is 0.200. The van der Waals surface area contributed by atoms with Gasteiger partial charge in [-0.3, -0.25) is 4.79 Å². The van der Waals surface area contributed by atoms with Crippen LogP contribution in [0.4, 0.5) is 8.78 Å². The predicted molar refractivity (Wildman–Crippen MR) is 82.1 cm³/mol. The van der Waals surface area contributed by atoms with Crippen molar-refractivity contribution < 1.29 is 28.2 Å². The molecule has 1 saturated carbocycles. The SMILES string of the molecule is CO[C@H]1C[C@@H](O)C12CCN(C(=O)c1ccc(OC(F)F)cc1)CC2. The van der Waals surface area contributed by atoms with Crippen LogP contribution < -0.4 is 4.74 Å². The second kappa shape index (κ2) is 6.64. The molecule has 1 amide bonds. The van der Waals surface area contributed by atoms with E-state index in [2.05, 4.69) is 4.74 Å². The Morgan fingerprint density at radius 2 is 1.92 bits per heavy atom. The molecule has 5 nitrogen and oxygen atoms in total. The van der Waals surface area contributed by atoms with E-state index in [0.29, 0.717) is 37.9 Å². The number of aliphatic hydroxyl groups is 1. The van der Waals surface area contributed by atoms with Crippen LogP contribution in [-0.2, 0) is 4.74 Å². The lowest BCUT2D eigenvalue weighted by atomic mass is 9.58. The molecule has 132 valence electrons. The number of ether oxygens (including phenoxy) is 2. The van der Waals surface area contributed by atoms with E-state index < -0.39 is 6.61 Å². The summed E-state index contributed by atoms with van der Waals surface area (Å²) in [5.74, 6) is -0.115. The van der Waals surface area contributed by atoms with E-state index in [1.54, 1.807) is 12.0 Å². The third kappa shape index (κ3) is 2.98. The van der Waals surface area contributed by atoms with Crippen LogP contribution >= 0.6 is 0 Å². The fourth-order valence-corrected chi connectivity index (χ4v) is 3.80. The highest BCUT2D eigenvalue weighted by Crippen LogP contribution is 2.50. The zero-order valence-corrected chi connectivity index (χ0v) is 13.5. The van der Waals surface area contributed by atoms with Crippen molar-refractivity contribution in [2.45, 2.75) is 38.1 Å². The van der Waals surface area contributed by atoms with Crippen LogP contribution in [0.1, 0.15) is 29.6 Å². The maximum Gasteiger partial charge on any atom is 0.387 e. The van der Waals surface area contributed by atoms with Gasteiger partial charge in [0.25, 0.3) is 5.91 Å². The summed E-state index contributed by atoms with van der Waals surface area (Å²) in [6, 6.07) is 5.70. The molecule has 1 aromatic rings. The highest BCUT2D eigenvalue weighted by atomic mass is 19.3. The minimum absolute atomic E-state index is 0.0275. The molecule has 7 heteroatoms. The molecule has 1 N–H and O–H groups in total. The van der Waals surface area contributed by atoms with Gasteiger partial charge < -0.3 is 19.5 Å². The molecule has 1 spiro atoms. The summed E-state index contributed by atoms with van der Waals surface area (Å²) in [6.45, 7) is -1.79. The minimum atomic E-state index is -2.88. The predicted octanol–water partition coefficient (Wildman–Crippen LogP) is 2.29. The second-order valence-electron chi connectivity index (χ2n) is 6.40. The van der Waals surface area contributed by atoms with Crippen molar-refractivity contribution in [2.24, 2.45) is 5.41 Å². The third-order valence-corrected chi connectivity index (χ3v) is 5.33.